The van der Waals surface area contributed by atoms with Crippen LogP contribution in [0.15, 0.2) is 30.5 Å². The molecule has 1 aromatic carbocycles. The Morgan fingerprint density at radius 3 is 2.95 bits per heavy atom. The molecule has 2 aromatic rings. The number of hydrogen-bond acceptors (Lipinski definition) is 4. The van der Waals surface area contributed by atoms with Crippen LogP contribution in [-0.4, -0.2) is 28.1 Å². The van der Waals surface area contributed by atoms with Gasteiger partial charge in [-0.25, -0.2) is 0 Å². The minimum atomic E-state index is 0.0454. The van der Waals surface area contributed by atoms with Crippen molar-refractivity contribution >= 4 is 11.6 Å². The first kappa shape index (κ1) is 13.8. The number of aryl methyl sites for hydroxylation is 1. The minimum Gasteiger partial charge on any atom is -0.491 e. The van der Waals surface area contributed by atoms with Gasteiger partial charge in [0.25, 0.3) is 0 Å². The number of hydrogen-bond donors (Lipinski definition) is 1. The first-order chi connectivity index (χ1) is 9.20. The number of halogens is 1. The maximum absolute atomic E-state index is 5.93. The van der Waals surface area contributed by atoms with Crippen LogP contribution < -0.4 is 10.1 Å². The van der Waals surface area contributed by atoms with Crippen LogP contribution >= 0.6 is 11.6 Å². The second-order valence-electron chi connectivity index (χ2n) is 4.16. The lowest BCUT2D eigenvalue weighted by Crippen LogP contribution is -2.28. The monoisotopic (exact) mass is 280 g/mol. The van der Waals surface area contributed by atoms with E-state index in [4.69, 9.17) is 16.3 Å². The van der Waals surface area contributed by atoms with Gasteiger partial charge in [0.1, 0.15) is 12.4 Å². The Balaban J connectivity index is 2.04. The van der Waals surface area contributed by atoms with E-state index in [2.05, 4.69) is 22.6 Å². The van der Waals surface area contributed by atoms with Gasteiger partial charge >= 0.3 is 0 Å². The first-order valence-corrected chi connectivity index (χ1v) is 6.55. The molecule has 0 radical (unpaired) electrons. The third-order valence-corrected chi connectivity index (χ3v) is 3.00. The van der Waals surface area contributed by atoms with Gasteiger partial charge in [-0.3, -0.25) is 4.68 Å². The van der Waals surface area contributed by atoms with Crippen LogP contribution in [0.5, 0.6) is 5.75 Å². The molecule has 0 aliphatic heterocycles. The second kappa shape index (κ2) is 6.54. The lowest BCUT2D eigenvalue weighted by Gasteiger charge is -2.18. The van der Waals surface area contributed by atoms with E-state index in [1.807, 2.05) is 25.2 Å². The van der Waals surface area contributed by atoms with Crippen molar-refractivity contribution in [1.29, 1.82) is 0 Å². The largest absolute Gasteiger partial charge is 0.491 e. The first-order valence-electron chi connectivity index (χ1n) is 6.17. The number of rotatable bonds is 6. The van der Waals surface area contributed by atoms with Gasteiger partial charge in [0.2, 0.25) is 0 Å². The van der Waals surface area contributed by atoms with Gasteiger partial charge in [0.15, 0.2) is 0 Å². The summed E-state index contributed by atoms with van der Waals surface area (Å²) < 4.78 is 7.51. The molecule has 2 rings (SSSR count). The van der Waals surface area contributed by atoms with Crippen LogP contribution in [-0.2, 0) is 7.05 Å². The number of aromatic nitrogens is 3. The molecule has 19 heavy (non-hydrogen) atoms. The molecule has 0 saturated carbocycles. The van der Waals surface area contributed by atoms with Crippen molar-refractivity contribution in [1.82, 2.24) is 20.3 Å². The van der Waals surface area contributed by atoms with E-state index in [9.17, 15) is 0 Å². The summed E-state index contributed by atoms with van der Waals surface area (Å²) in [5, 5.41) is 11.8. The molecular formula is C13H17ClN4O. The van der Waals surface area contributed by atoms with Crippen molar-refractivity contribution in [2.24, 2.45) is 7.05 Å². The Morgan fingerprint density at radius 1 is 1.47 bits per heavy atom. The van der Waals surface area contributed by atoms with Crippen molar-refractivity contribution in [3.05, 3.63) is 41.2 Å². The zero-order valence-corrected chi connectivity index (χ0v) is 11.8. The lowest BCUT2D eigenvalue weighted by molar-refractivity contribution is 0.262. The van der Waals surface area contributed by atoms with Crippen molar-refractivity contribution in [3.8, 4) is 5.75 Å². The summed E-state index contributed by atoms with van der Waals surface area (Å²) in [6, 6.07) is 7.42. The Morgan fingerprint density at radius 2 is 2.32 bits per heavy atom. The summed E-state index contributed by atoms with van der Waals surface area (Å²) in [5.41, 5.74) is 0.990. The summed E-state index contributed by atoms with van der Waals surface area (Å²) in [6.07, 6.45) is 1.74. The molecule has 1 heterocycles. The Kier molecular flexibility index (Phi) is 4.76. The predicted octanol–water partition coefficient (Wildman–Crippen LogP) is 2.20. The summed E-state index contributed by atoms with van der Waals surface area (Å²) >= 11 is 5.93. The number of likely N-dealkylation sites (N-methyl/N-ethyl adjacent to an activating group) is 1. The van der Waals surface area contributed by atoms with E-state index in [0.717, 1.165) is 18.0 Å². The van der Waals surface area contributed by atoms with Gasteiger partial charge in [-0.15, -0.1) is 5.10 Å². The molecule has 1 unspecified atom stereocenters. The molecule has 0 spiro atoms. The fourth-order valence-electron chi connectivity index (χ4n) is 1.84. The van der Waals surface area contributed by atoms with Crippen LogP contribution in [0.25, 0.3) is 0 Å². The molecule has 6 heteroatoms. The molecule has 1 aromatic heterocycles. The Bertz CT molecular complexity index is 529. The van der Waals surface area contributed by atoms with E-state index in [-0.39, 0.29) is 6.04 Å². The average Bonchev–Trinajstić information content (AvgIpc) is 2.81. The van der Waals surface area contributed by atoms with Gasteiger partial charge in [-0.2, -0.15) is 0 Å². The zero-order valence-electron chi connectivity index (χ0n) is 11.0. The van der Waals surface area contributed by atoms with Gasteiger partial charge in [0, 0.05) is 12.1 Å². The Hall–Kier alpha value is -1.59. The maximum atomic E-state index is 5.93. The molecule has 0 fully saturated rings. The normalized spacial score (nSPS) is 12.4. The number of nitrogens with one attached hydrogen (secondary N) is 1. The molecule has 0 aliphatic carbocycles. The third-order valence-electron chi connectivity index (χ3n) is 2.77. The molecule has 0 amide bonds. The average molecular weight is 281 g/mol. The number of nitrogens with zero attached hydrogens (tertiary/aromatic N) is 3. The molecule has 0 saturated heterocycles. The Labute approximate surface area is 117 Å². The van der Waals surface area contributed by atoms with Crippen LogP contribution in [0.2, 0.25) is 5.02 Å². The molecule has 0 aliphatic rings. The predicted molar refractivity (Wildman–Crippen MR) is 74.4 cm³/mol. The smallest absolute Gasteiger partial charge is 0.120 e. The fraction of sp³-hybridized carbons (Fsp3) is 0.385. The van der Waals surface area contributed by atoms with E-state index < -0.39 is 0 Å². The van der Waals surface area contributed by atoms with E-state index in [1.165, 1.54) is 0 Å². The van der Waals surface area contributed by atoms with Crippen molar-refractivity contribution < 1.29 is 4.74 Å². The van der Waals surface area contributed by atoms with E-state index in [1.54, 1.807) is 16.9 Å². The summed E-state index contributed by atoms with van der Waals surface area (Å²) in [7, 11) is 1.87. The van der Waals surface area contributed by atoms with Crippen LogP contribution in [0, 0.1) is 0 Å². The molecular weight excluding hydrogens is 264 g/mol. The lowest BCUT2D eigenvalue weighted by atomic mass is 10.2. The summed E-state index contributed by atoms with van der Waals surface area (Å²) in [6.45, 7) is 3.39. The number of benzene rings is 1. The zero-order chi connectivity index (χ0) is 13.7. The van der Waals surface area contributed by atoms with Crippen molar-refractivity contribution in [3.63, 3.8) is 0 Å². The SMILES string of the molecule is CCNC(COc1cccc(Cl)c1)c1cnnn1C. The summed E-state index contributed by atoms with van der Waals surface area (Å²) in [4.78, 5) is 0. The van der Waals surface area contributed by atoms with Crippen molar-refractivity contribution in [2.75, 3.05) is 13.2 Å². The summed E-state index contributed by atoms with van der Waals surface area (Å²) in [5.74, 6) is 0.755. The van der Waals surface area contributed by atoms with Crippen LogP contribution in [0.3, 0.4) is 0 Å². The van der Waals surface area contributed by atoms with Crippen LogP contribution in [0.4, 0.5) is 0 Å². The van der Waals surface area contributed by atoms with Crippen molar-refractivity contribution in [2.45, 2.75) is 13.0 Å². The fourth-order valence-corrected chi connectivity index (χ4v) is 2.03. The highest BCUT2D eigenvalue weighted by Gasteiger charge is 2.15. The molecule has 0 bridgehead atoms. The maximum Gasteiger partial charge on any atom is 0.120 e. The standard InChI is InChI=1S/C13H17ClN4O/c1-3-15-12(13-8-16-17-18(13)2)9-19-11-6-4-5-10(14)7-11/h4-8,12,15H,3,9H2,1-2H3. The highest BCUT2D eigenvalue weighted by molar-refractivity contribution is 6.30. The highest BCUT2D eigenvalue weighted by Crippen LogP contribution is 2.19. The topological polar surface area (TPSA) is 52.0 Å². The van der Waals surface area contributed by atoms with E-state index >= 15 is 0 Å². The molecule has 102 valence electrons. The van der Waals surface area contributed by atoms with Gasteiger partial charge in [-0.1, -0.05) is 29.8 Å². The highest BCUT2D eigenvalue weighted by atomic mass is 35.5. The quantitative estimate of drug-likeness (QED) is 0.881. The second-order valence-corrected chi connectivity index (χ2v) is 4.60. The van der Waals surface area contributed by atoms with Gasteiger partial charge < -0.3 is 10.1 Å². The molecule has 1 N–H and O–H groups in total. The van der Waals surface area contributed by atoms with Crippen LogP contribution in [0.1, 0.15) is 18.7 Å². The van der Waals surface area contributed by atoms with Gasteiger partial charge in [-0.05, 0) is 24.7 Å². The number of ether oxygens (including phenoxy) is 1. The minimum absolute atomic E-state index is 0.0454. The molecule has 1 atom stereocenters. The van der Waals surface area contributed by atoms with E-state index in [0.29, 0.717) is 11.6 Å². The third kappa shape index (κ3) is 3.68. The van der Waals surface area contributed by atoms with Gasteiger partial charge in [0.05, 0.1) is 17.9 Å². The molecule has 5 nitrogen and oxygen atoms in total.